The molecule has 0 aromatic heterocycles. The predicted molar refractivity (Wildman–Crippen MR) is 64.0 cm³/mol. The first-order valence-electron chi connectivity index (χ1n) is 6.03. The van der Waals surface area contributed by atoms with Crippen molar-refractivity contribution in [1.29, 1.82) is 0 Å². The maximum atomic E-state index is 11.5. The molecule has 2 unspecified atom stereocenters. The lowest BCUT2D eigenvalue weighted by atomic mass is 10.1. The minimum atomic E-state index is -0.831. The maximum Gasteiger partial charge on any atom is 0.315 e. The molecule has 4 N–H and O–H groups in total. The number of amides is 3. The molecule has 0 spiro atoms. The third kappa shape index (κ3) is 5.51. The van der Waals surface area contributed by atoms with Crippen molar-refractivity contribution in [3.63, 3.8) is 0 Å². The average molecular weight is 257 g/mol. The molecule has 7 nitrogen and oxygen atoms in total. The Kier molecular flexibility index (Phi) is 5.41. The van der Waals surface area contributed by atoms with Gasteiger partial charge >= 0.3 is 12.0 Å². The Morgan fingerprint density at radius 2 is 2.28 bits per heavy atom. The van der Waals surface area contributed by atoms with Gasteiger partial charge in [-0.15, -0.1) is 0 Å². The second-order valence-corrected chi connectivity index (χ2v) is 4.51. The molecule has 1 saturated heterocycles. The van der Waals surface area contributed by atoms with Crippen LogP contribution in [0.1, 0.15) is 32.6 Å². The Morgan fingerprint density at radius 1 is 1.56 bits per heavy atom. The van der Waals surface area contributed by atoms with Crippen LogP contribution in [-0.4, -0.2) is 41.6 Å². The van der Waals surface area contributed by atoms with E-state index in [-0.39, 0.29) is 30.4 Å². The predicted octanol–water partition coefficient (Wildman–Crippen LogP) is -0.182. The van der Waals surface area contributed by atoms with E-state index in [0.717, 1.165) is 0 Å². The van der Waals surface area contributed by atoms with Crippen molar-refractivity contribution in [2.45, 2.75) is 44.7 Å². The average Bonchev–Trinajstić information content (AvgIpc) is 2.62. The molecular weight excluding hydrogens is 238 g/mol. The standard InChI is InChI=1S/C11H19N3O4/c1-7(3-2-4-10(16)17)13-11(18)14-8-5-9(15)12-6-8/h7-8H,2-6H2,1H3,(H,12,15)(H,16,17)(H2,13,14,18). The van der Waals surface area contributed by atoms with Gasteiger partial charge in [0.25, 0.3) is 0 Å². The molecule has 0 bridgehead atoms. The number of aliphatic carboxylic acids is 1. The van der Waals surface area contributed by atoms with Gasteiger partial charge in [-0.1, -0.05) is 0 Å². The van der Waals surface area contributed by atoms with Crippen LogP contribution in [0.3, 0.4) is 0 Å². The summed E-state index contributed by atoms with van der Waals surface area (Å²) in [4.78, 5) is 32.8. The number of urea groups is 1. The van der Waals surface area contributed by atoms with Gasteiger partial charge in [0.2, 0.25) is 5.91 Å². The van der Waals surface area contributed by atoms with Crippen LogP contribution in [0.25, 0.3) is 0 Å². The molecule has 1 heterocycles. The molecule has 102 valence electrons. The fourth-order valence-corrected chi connectivity index (χ4v) is 1.79. The number of carbonyl (C=O) groups excluding carboxylic acids is 2. The van der Waals surface area contributed by atoms with E-state index in [1.54, 1.807) is 0 Å². The van der Waals surface area contributed by atoms with Gasteiger partial charge in [-0.05, 0) is 19.8 Å². The molecule has 1 aliphatic rings. The monoisotopic (exact) mass is 257 g/mol. The minimum absolute atomic E-state index is 0.0604. The normalized spacial score (nSPS) is 20.1. The maximum absolute atomic E-state index is 11.5. The third-order valence-electron chi connectivity index (χ3n) is 2.72. The summed E-state index contributed by atoms with van der Waals surface area (Å²) in [5, 5.41) is 16.5. The Balaban J connectivity index is 2.15. The van der Waals surface area contributed by atoms with Crippen molar-refractivity contribution < 1.29 is 19.5 Å². The number of rotatable bonds is 6. The van der Waals surface area contributed by atoms with Gasteiger partial charge in [0.15, 0.2) is 0 Å². The van der Waals surface area contributed by atoms with Crippen molar-refractivity contribution >= 4 is 17.9 Å². The summed E-state index contributed by atoms with van der Waals surface area (Å²) in [7, 11) is 0. The van der Waals surface area contributed by atoms with Crippen molar-refractivity contribution in [2.75, 3.05) is 6.54 Å². The zero-order valence-electron chi connectivity index (χ0n) is 10.4. The largest absolute Gasteiger partial charge is 0.481 e. The van der Waals surface area contributed by atoms with Crippen molar-refractivity contribution in [1.82, 2.24) is 16.0 Å². The molecule has 18 heavy (non-hydrogen) atoms. The highest BCUT2D eigenvalue weighted by Crippen LogP contribution is 2.02. The van der Waals surface area contributed by atoms with Gasteiger partial charge < -0.3 is 21.1 Å². The zero-order chi connectivity index (χ0) is 13.5. The Bertz CT molecular complexity index is 332. The summed E-state index contributed by atoms with van der Waals surface area (Å²) >= 11 is 0. The third-order valence-corrected chi connectivity index (χ3v) is 2.72. The highest BCUT2D eigenvalue weighted by molar-refractivity contribution is 5.81. The first-order chi connectivity index (χ1) is 8.47. The molecule has 0 aromatic carbocycles. The molecule has 1 rings (SSSR count). The van der Waals surface area contributed by atoms with Gasteiger partial charge in [0.1, 0.15) is 0 Å². The Labute approximate surface area is 105 Å². The number of carboxylic acid groups (broad SMARTS) is 1. The molecule has 7 heteroatoms. The number of carboxylic acids is 1. The summed E-state index contributed by atoms with van der Waals surface area (Å²) in [6.45, 7) is 2.28. The lowest BCUT2D eigenvalue weighted by Crippen LogP contribution is -2.46. The lowest BCUT2D eigenvalue weighted by molar-refractivity contribution is -0.137. The molecule has 1 fully saturated rings. The number of hydrogen-bond donors (Lipinski definition) is 4. The highest BCUT2D eigenvalue weighted by atomic mass is 16.4. The topological polar surface area (TPSA) is 108 Å². The van der Waals surface area contributed by atoms with Crippen molar-refractivity contribution in [3.05, 3.63) is 0 Å². The number of carbonyl (C=O) groups is 3. The van der Waals surface area contributed by atoms with Gasteiger partial charge in [0.05, 0.1) is 6.04 Å². The van der Waals surface area contributed by atoms with Crippen molar-refractivity contribution in [2.24, 2.45) is 0 Å². The summed E-state index contributed by atoms with van der Waals surface area (Å²) in [5.41, 5.74) is 0. The van der Waals surface area contributed by atoms with E-state index in [2.05, 4.69) is 16.0 Å². The van der Waals surface area contributed by atoms with Crippen LogP contribution < -0.4 is 16.0 Å². The fourth-order valence-electron chi connectivity index (χ4n) is 1.79. The van der Waals surface area contributed by atoms with E-state index in [0.29, 0.717) is 25.8 Å². The smallest absolute Gasteiger partial charge is 0.315 e. The minimum Gasteiger partial charge on any atom is -0.481 e. The summed E-state index contributed by atoms with van der Waals surface area (Å²) < 4.78 is 0. The van der Waals surface area contributed by atoms with Crippen LogP contribution in [-0.2, 0) is 9.59 Å². The molecular formula is C11H19N3O4. The molecule has 1 aliphatic heterocycles. The Hall–Kier alpha value is -1.79. The molecule has 0 aliphatic carbocycles. The van der Waals surface area contributed by atoms with Crippen LogP contribution >= 0.6 is 0 Å². The summed E-state index contributed by atoms with van der Waals surface area (Å²) in [6, 6.07) is -0.572. The number of hydrogen-bond acceptors (Lipinski definition) is 3. The van der Waals surface area contributed by atoms with Crippen LogP contribution in [0, 0.1) is 0 Å². The second kappa shape index (κ2) is 6.83. The molecule has 0 saturated carbocycles. The molecule has 3 amide bonds. The van der Waals surface area contributed by atoms with E-state index < -0.39 is 5.97 Å². The number of nitrogens with one attached hydrogen (secondary N) is 3. The van der Waals surface area contributed by atoms with Crippen LogP contribution in [0.15, 0.2) is 0 Å². The van der Waals surface area contributed by atoms with Gasteiger partial charge in [-0.25, -0.2) is 4.79 Å². The van der Waals surface area contributed by atoms with E-state index >= 15 is 0 Å². The van der Waals surface area contributed by atoms with Crippen LogP contribution in [0.5, 0.6) is 0 Å². The molecule has 0 radical (unpaired) electrons. The van der Waals surface area contributed by atoms with Gasteiger partial charge in [0, 0.05) is 25.4 Å². The van der Waals surface area contributed by atoms with Gasteiger partial charge in [-0.3, -0.25) is 9.59 Å². The SMILES string of the molecule is CC(CCCC(=O)O)NC(=O)NC1CNC(=O)C1. The van der Waals surface area contributed by atoms with Gasteiger partial charge in [-0.2, -0.15) is 0 Å². The van der Waals surface area contributed by atoms with E-state index in [1.807, 2.05) is 6.92 Å². The Morgan fingerprint density at radius 3 is 2.83 bits per heavy atom. The molecule has 2 atom stereocenters. The highest BCUT2D eigenvalue weighted by Gasteiger charge is 2.23. The fraction of sp³-hybridized carbons (Fsp3) is 0.727. The summed E-state index contributed by atoms with van der Waals surface area (Å²) in [6.07, 6.45) is 1.55. The van der Waals surface area contributed by atoms with E-state index in [4.69, 9.17) is 5.11 Å². The van der Waals surface area contributed by atoms with Crippen LogP contribution in [0.2, 0.25) is 0 Å². The lowest BCUT2D eigenvalue weighted by Gasteiger charge is -2.16. The quantitative estimate of drug-likeness (QED) is 0.529. The van der Waals surface area contributed by atoms with E-state index in [9.17, 15) is 14.4 Å². The van der Waals surface area contributed by atoms with E-state index in [1.165, 1.54) is 0 Å². The first-order valence-corrected chi connectivity index (χ1v) is 6.03. The van der Waals surface area contributed by atoms with Crippen molar-refractivity contribution in [3.8, 4) is 0 Å². The molecule has 0 aromatic rings. The summed E-state index contributed by atoms with van der Waals surface area (Å²) in [5.74, 6) is -0.892. The second-order valence-electron chi connectivity index (χ2n) is 4.51. The van der Waals surface area contributed by atoms with Crippen LogP contribution in [0.4, 0.5) is 4.79 Å². The first kappa shape index (κ1) is 14.3. The zero-order valence-corrected chi connectivity index (χ0v) is 10.4.